The van der Waals surface area contributed by atoms with Gasteiger partial charge in [-0.25, -0.2) is 4.79 Å². The zero-order valence-electron chi connectivity index (χ0n) is 13.0. The normalized spacial score (nSPS) is 11.7. The Kier molecular flexibility index (Phi) is 5.50. The molecule has 22 heavy (non-hydrogen) atoms. The van der Waals surface area contributed by atoms with E-state index < -0.39 is 5.97 Å². The molecule has 0 aliphatic heterocycles. The number of hydrogen-bond acceptors (Lipinski definition) is 2. The summed E-state index contributed by atoms with van der Waals surface area (Å²) in [6.45, 7) is 0.976. The minimum absolute atomic E-state index is 0.310. The van der Waals surface area contributed by atoms with E-state index in [9.17, 15) is 4.79 Å². The number of carboxylic acid groups (broad SMARTS) is 1. The molecule has 0 aromatic heterocycles. The number of hydrogen-bond donors (Lipinski definition) is 1. The predicted octanol–water partition coefficient (Wildman–Crippen LogP) is 3.77. The second-order valence-electron chi connectivity index (χ2n) is 5.46. The van der Waals surface area contributed by atoms with E-state index in [1.807, 2.05) is 30.3 Å². The van der Waals surface area contributed by atoms with Crippen molar-refractivity contribution in [1.82, 2.24) is 4.90 Å². The quantitative estimate of drug-likeness (QED) is 0.882. The minimum Gasteiger partial charge on any atom is -0.478 e. The summed E-state index contributed by atoms with van der Waals surface area (Å²) in [5.41, 5.74) is 3.63. The van der Waals surface area contributed by atoms with E-state index in [1.54, 1.807) is 12.1 Å². The van der Waals surface area contributed by atoms with Gasteiger partial charge in [0.2, 0.25) is 0 Å². The topological polar surface area (TPSA) is 40.5 Å². The molecule has 2 rings (SSSR count). The number of rotatable bonds is 6. The van der Waals surface area contributed by atoms with Crippen LogP contribution in [0.3, 0.4) is 0 Å². The highest BCUT2D eigenvalue weighted by atomic mass is 16.4. The van der Waals surface area contributed by atoms with Gasteiger partial charge in [0.1, 0.15) is 0 Å². The molecule has 0 aliphatic carbocycles. The van der Waals surface area contributed by atoms with E-state index in [0.717, 1.165) is 29.7 Å². The average molecular weight is 295 g/mol. The number of benzene rings is 2. The van der Waals surface area contributed by atoms with Gasteiger partial charge >= 0.3 is 5.97 Å². The van der Waals surface area contributed by atoms with Crippen LogP contribution in [0.15, 0.2) is 60.7 Å². The molecule has 3 heteroatoms. The Morgan fingerprint density at radius 1 is 0.955 bits per heavy atom. The zero-order chi connectivity index (χ0) is 15.9. The first kappa shape index (κ1) is 16.0. The average Bonchev–Trinajstić information content (AvgIpc) is 2.52. The molecule has 0 bridgehead atoms. The van der Waals surface area contributed by atoms with Crippen LogP contribution in [0.2, 0.25) is 0 Å². The molecule has 0 atom stereocenters. The van der Waals surface area contributed by atoms with E-state index in [4.69, 9.17) is 5.11 Å². The van der Waals surface area contributed by atoms with Crippen molar-refractivity contribution in [1.29, 1.82) is 0 Å². The summed E-state index contributed by atoms with van der Waals surface area (Å²) in [6.07, 6.45) is 3.16. The lowest BCUT2D eigenvalue weighted by Crippen LogP contribution is -2.12. The molecule has 1 N–H and O–H groups in total. The van der Waals surface area contributed by atoms with Crippen molar-refractivity contribution in [3.8, 4) is 0 Å². The lowest BCUT2D eigenvalue weighted by atomic mass is 9.96. The summed E-state index contributed by atoms with van der Waals surface area (Å²) in [7, 11) is 4.11. The Bertz CT molecular complexity index is 643. The minimum atomic E-state index is -0.899. The van der Waals surface area contributed by atoms with Gasteiger partial charge in [-0.15, -0.1) is 0 Å². The molecule has 0 unspecified atom stereocenters. The van der Waals surface area contributed by atoms with Crippen LogP contribution in [0.4, 0.5) is 0 Å². The monoisotopic (exact) mass is 295 g/mol. The smallest absolute Gasteiger partial charge is 0.335 e. The second kappa shape index (κ2) is 7.57. The molecule has 0 heterocycles. The van der Waals surface area contributed by atoms with E-state index in [1.165, 1.54) is 0 Å². The molecule has 0 spiro atoms. The van der Waals surface area contributed by atoms with Gasteiger partial charge < -0.3 is 10.0 Å². The predicted molar refractivity (Wildman–Crippen MR) is 90.1 cm³/mol. The summed E-state index contributed by atoms with van der Waals surface area (Å²) in [5.74, 6) is -0.899. The molecule has 114 valence electrons. The van der Waals surface area contributed by atoms with Crippen molar-refractivity contribution in [2.45, 2.75) is 6.42 Å². The molecule has 0 saturated carbocycles. The molecule has 0 radical (unpaired) electrons. The third-order valence-corrected chi connectivity index (χ3v) is 3.45. The molecule has 2 aromatic carbocycles. The van der Waals surface area contributed by atoms with Gasteiger partial charge in [-0.05, 0) is 49.3 Å². The van der Waals surface area contributed by atoms with E-state index in [0.29, 0.717) is 5.56 Å². The lowest BCUT2D eigenvalue weighted by Gasteiger charge is -2.11. The maximum absolute atomic E-state index is 11.0. The fourth-order valence-electron chi connectivity index (χ4n) is 2.28. The maximum Gasteiger partial charge on any atom is 0.335 e. The van der Waals surface area contributed by atoms with E-state index in [2.05, 4.69) is 37.2 Å². The summed E-state index contributed by atoms with van der Waals surface area (Å²) >= 11 is 0. The number of carboxylic acids is 1. The number of aromatic carboxylic acids is 1. The molecule has 0 aliphatic rings. The highest BCUT2D eigenvalue weighted by Gasteiger charge is 2.07. The van der Waals surface area contributed by atoms with Crippen LogP contribution >= 0.6 is 0 Å². The number of carbonyl (C=O) groups is 1. The summed E-state index contributed by atoms with van der Waals surface area (Å²) in [6, 6.07) is 17.2. The van der Waals surface area contributed by atoms with Crippen LogP contribution < -0.4 is 0 Å². The Morgan fingerprint density at radius 3 is 2.05 bits per heavy atom. The molecule has 3 nitrogen and oxygen atoms in total. The first-order valence-electron chi connectivity index (χ1n) is 7.32. The Morgan fingerprint density at radius 2 is 1.50 bits per heavy atom. The van der Waals surface area contributed by atoms with E-state index in [-0.39, 0.29) is 0 Å². The highest BCUT2D eigenvalue weighted by molar-refractivity contribution is 5.89. The third-order valence-electron chi connectivity index (χ3n) is 3.45. The standard InChI is InChI=1S/C19H21NO2/c1-20(2)14-6-9-18(15-7-4-3-5-8-15)16-10-12-17(13-11-16)19(21)22/h3-5,7-13H,6,14H2,1-2H3,(H,21,22). The summed E-state index contributed by atoms with van der Waals surface area (Å²) in [4.78, 5) is 13.1. The molecular formula is C19H21NO2. The molecule has 0 fully saturated rings. The van der Waals surface area contributed by atoms with Gasteiger partial charge in [0.15, 0.2) is 0 Å². The maximum atomic E-state index is 11.0. The van der Waals surface area contributed by atoms with Crippen molar-refractivity contribution < 1.29 is 9.90 Å². The van der Waals surface area contributed by atoms with Crippen molar-refractivity contribution in [2.24, 2.45) is 0 Å². The second-order valence-corrected chi connectivity index (χ2v) is 5.46. The fourth-order valence-corrected chi connectivity index (χ4v) is 2.28. The van der Waals surface area contributed by atoms with Crippen LogP contribution in [0, 0.1) is 0 Å². The van der Waals surface area contributed by atoms with Crippen molar-refractivity contribution in [2.75, 3.05) is 20.6 Å². The van der Waals surface area contributed by atoms with Crippen molar-refractivity contribution in [3.63, 3.8) is 0 Å². The summed E-state index contributed by atoms with van der Waals surface area (Å²) in [5, 5.41) is 9.01. The van der Waals surface area contributed by atoms with Crippen molar-refractivity contribution >= 4 is 11.5 Å². The van der Waals surface area contributed by atoms with Crippen LogP contribution in [-0.4, -0.2) is 36.6 Å². The fraction of sp³-hybridized carbons (Fsp3) is 0.211. The van der Waals surface area contributed by atoms with Gasteiger partial charge in [0, 0.05) is 6.54 Å². The lowest BCUT2D eigenvalue weighted by molar-refractivity contribution is 0.0697. The largest absolute Gasteiger partial charge is 0.478 e. The Balaban J connectivity index is 2.33. The SMILES string of the molecule is CN(C)CCC=C(c1ccccc1)c1ccc(C(=O)O)cc1. The Hall–Kier alpha value is -2.39. The van der Waals surface area contributed by atoms with Crippen molar-refractivity contribution in [3.05, 3.63) is 77.4 Å². The highest BCUT2D eigenvalue weighted by Crippen LogP contribution is 2.24. The molecule has 0 amide bonds. The third kappa shape index (κ3) is 4.30. The van der Waals surface area contributed by atoms with Gasteiger partial charge in [0.25, 0.3) is 0 Å². The first-order valence-corrected chi connectivity index (χ1v) is 7.32. The molecular weight excluding hydrogens is 274 g/mol. The van der Waals surface area contributed by atoms with Gasteiger partial charge in [0.05, 0.1) is 5.56 Å². The van der Waals surface area contributed by atoms with Gasteiger partial charge in [-0.2, -0.15) is 0 Å². The van der Waals surface area contributed by atoms with Crippen LogP contribution in [0.5, 0.6) is 0 Å². The van der Waals surface area contributed by atoms with Gasteiger partial charge in [-0.1, -0.05) is 48.5 Å². The first-order chi connectivity index (χ1) is 10.6. The van der Waals surface area contributed by atoms with Crippen LogP contribution in [-0.2, 0) is 0 Å². The summed E-state index contributed by atoms with van der Waals surface area (Å²) < 4.78 is 0. The number of nitrogens with zero attached hydrogens (tertiary/aromatic N) is 1. The zero-order valence-corrected chi connectivity index (χ0v) is 13.0. The van der Waals surface area contributed by atoms with Gasteiger partial charge in [-0.3, -0.25) is 0 Å². The van der Waals surface area contributed by atoms with E-state index >= 15 is 0 Å². The molecule has 0 saturated heterocycles. The Labute approximate surface area is 131 Å². The van der Waals surface area contributed by atoms with Crippen LogP contribution in [0.25, 0.3) is 5.57 Å². The molecule has 2 aromatic rings. The van der Waals surface area contributed by atoms with Crippen LogP contribution in [0.1, 0.15) is 27.9 Å².